The average molecular weight is 226 g/mol. The summed E-state index contributed by atoms with van der Waals surface area (Å²) in [6.45, 7) is 4.11. The molecule has 17 heavy (non-hydrogen) atoms. The maximum absolute atomic E-state index is 5.25. The zero-order valence-corrected chi connectivity index (χ0v) is 10.1. The Kier molecular flexibility index (Phi) is 3.55. The quantitative estimate of drug-likeness (QED) is 0.800. The molecule has 0 radical (unpaired) electrons. The molecular weight excluding hydrogens is 210 g/mol. The molecule has 0 atom stereocenters. The molecule has 0 saturated carbocycles. The van der Waals surface area contributed by atoms with Gasteiger partial charge in [-0.2, -0.15) is 0 Å². The van der Waals surface area contributed by atoms with Gasteiger partial charge in [-0.25, -0.2) is 4.99 Å². The van der Waals surface area contributed by atoms with Gasteiger partial charge in [-0.1, -0.05) is 17.7 Å². The van der Waals surface area contributed by atoms with Gasteiger partial charge in [0, 0.05) is 17.7 Å². The van der Waals surface area contributed by atoms with Gasteiger partial charge in [0.2, 0.25) is 5.69 Å². The lowest BCUT2D eigenvalue weighted by Gasteiger charge is -1.90. The Morgan fingerprint density at radius 1 is 1.18 bits per heavy atom. The third kappa shape index (κ3) is 3.45. The highest BCUT2D eigenvalue weighted by Gasteiger charge is 1.96. The van der Waals surface area contributed by atoms with Crippen molar-refractivity contribution < 1.29 is 9.41 Å². The number of hydrogen-bond donors (Lipinski definition) is 1. The fourth-order valence-electron chi connectivity index (χ4n) is 1.49. The smallest absolute Gasteiger partial charge is 0.203 e. The molecule has 0 saturated heterocycles. The van der Waals surface area contributed by atoms with Crippen LogP contribution in [-0.2, 0) is 0 Å². The van der Waals surface area contributed by atoms with Crippen LogP contribution < -0.4 is 4.99 Å². The first kappa shape index (κ1) is 11.4. The van der Waals surface area contributed by atoms with Gasteiger partial charge in [-0.05, 0) is 32.1 Å². The van der Waals surface area contributed by atoms with Crippen LogP contribution in [-0.4, -0.2) is 6.21 Å². The first-order chi connectivity index (χ1) is 8.24. The SMILES string of the molecule is CC(C=[NH+]c1ccc(C)cc1)=Cc1ccco1. The van der Waals surface area contributed by atoms with Crippen molar-refractivity contribution >= 4 is 18.0 Å². The fourth-order valence-corrected chi connectivity index (χ4v) is 1.49. The van der Waals surface area contributed by atoms with Crippen molar-refractivity contribution in [3.05, 3.63) is 59.6 Å². The second kappa shape index (κ2) is 5.30. The summed E-state index contributed by atoms with van der Waals surface area (Å²) in [6, 6.07) is 12.1. The molecule has 0 spiro atoms. The molecule has 2 rings (SSSR count). The average Bonchev–Trinajstić information content (AvgIpc) is 2.81. The summed E-state index contributed by atoms with van der Waals surface area (Å²) in [5, 5.41) is 0. The molecule has 2 aromatic rings. The highest BCUT2D eigenvalue weighted by molar-refractivity contribution is 5.80. The van der Waals surface area contributed by atoms with E-state index in [2.05, 4.69) is 36.2 Å². The van der Waals surface area contributed by atoms with Gasteiger partial charge < -0.3 is 4.42 Å². The monoisotopic (exact) mass is 226 g/mol. The van der Waals surface area contributed by atoms with Crippen molar-refractivity contribution in [3.8, 4) is 0 Å². The van der Waals surface area contributed by atoms with Gasteiger partial charge in [0.1, 0.15) is 5.76 Å². The molecule has 0 bridgehead atoms. The second-order valence-electron chi connectivity index (χ2n) is 4.06. The van der Waals surface area contributed by atoms with Crippen LogP contribution in [0.3, 0.4) is 0 Å². The van der Waals surface area contributed by atoms with E-state index in [1.54, 1.807) is 6.26 Å². The fraction of sp³-hybridized carbons (Fsp3) is 0.133. The molecule has 2 heteroatoms. The van der Waals surface area contributed by atoms with Crippen LogP contribution in [0.25, 0.3) is 6.08 Å². The van der Waals surface area contributed by atoms with Crippen molar-refractivity contribution in [2.24, 2.45) is 0 Å². The van der Waals surface area contributed by atoms with E-state index in [9.17, 15) is 0 Å². The van der Waals surface area contributed by atoms with Crippen molar-refractivity contribution in [1.29, 1.82) is 0 Å². The minimum Gasteiger partial charge on any atom is -0.465 e. The maximum Gasteiger partial charge on any atom is 0.203 e. The topological polar surface area (TPSA) is 27.1 Å². The van der Waals surface area contributed by atoms with E-state index in [-0.39, 0.29) is 0 Å². The molecule has 1 heterocycles. The van der Waals surface area contributed by atoms with E-state index < -0.39 is 0 Å². The molecule has 1 N–H and O–H groups in total. The number of hydrogen-bond acceptors (Lipinski definition) is 1. The van der Waals surface area contributed by atoms with E-state index in [1.807, 2.05) is 31.3 Å². The Morgan fingerprint density at radius 2 is 1.94 bits per heavy atom. The van der Waals surface area contributed by atoms with Crippen LogP contribution in [0, 0.1) is 6.92 Å². The lowest BCUT2D eigenvalue weighted by molar-refractivity contribution is -0.347. The number of aryl methyl sites for hydroxylation is 1. The molecule has 0 fully saturated rings. The summed E-state index contributed by atoms with van der Waals surface area (Å²) >= 11 is 0. The first-order valence-corrected chi connectivity index (χ1v) is 5.62. The van der Waals surface area contributed by atoms with Crippen molar-refractivity contribution in [2.75, 3.05) is 0 Å². The molecule has 0 aliphatic heterocycles. The summed E-state index contributed by atoms with van der Waals surface area (Å²) in [4.78, 5) is 3.25. The highest BCUT2D eigenvalue weighted by Crippen LogP contribution is 2.05. The van der Waals surface area contributed by atoms with Crippen LogP contribution in [0.4, 0.5) is 5.69 Å². The predicted octanol–water partition coefficient (Wildman–Crippen LogP) is 2.47. The maximum atomic E-state index is 5.25. The molecule has 0 unspecified atom stereocenters. The third-order valence-electron chi connectivity index (χ3n) is 2.43. The van der Waals surface area contributed by atoms with E-state index in [4.69, 9.17) is 4.42 Å². The van der Waals surface area contributed by atoms with Gasteiger partial charge in [0.05, 0.1) is 6.26 Å². The van der Waals surface area contributed by atoms with E-state index in [1.165, 1.54) is 5.56 Å². The molecule has 0 aliphatic carbocycles. The summed E-state index contributed by atoms with van der Waals surface area (Å²) in [5.74, 6) is 0.865. The van der Waals surface area contributed by atoms with Crippen LogP contribution in [0.2, 0.25) is 0 Å². The van der Waals surface area contributed by atoms with Crippen LogP contribution in [0.1, 0.15) is 18.2 Å². The number of benzene rings is 1. The van der Waals surface area contributed by atoms with Crippen molar-refractivity contribution in [1.82, 2.24) is 0 Å². The van der Waals surface area contributed by atoms with Crippen molar-refractivity contribution in [2.45, 2.75) is 13.8 Å². The van der Waals surface area contributed by atoms with E-state index in [0.717, 1.165) is 17.0 Å². The Balaban J connectivity index is 2.08. The van der Waals surface area contributed by atoms with Gasteiger partial charge >= 0.3 is 0 Å². The van der Waals surface area contributed by atoms with E-state index in [0.29, 0.717) is 0 Å². The molecule has 0 amide bonds. The van der Waals surface area contributed by atoms with Crippen LogP contribution in [0.5, 0.6) is 0 Å². The number of nitrogens with one attached hydrogen (secondary N) is 1. The third-order valence-corrected chi connectivity index (χ3v) is 2.43. The Bertz CT molecular complexity index is 519. The normalized spacial score (nSPS) is 12.2. The molecule has 1 aromatic heterocycles. The van der Waals surface area contributed by atoms with Crippen molar-refractivity contribution in [3.63, 3.8) is 0 Å². The summed E-state index contributed by atoms with van der Waals surface area (Å²) in [5.41, 5.74) is 3.46. The molecule has 0 aliphatic rings. The number of furan rings is 1. The molecule has 2 nitrogen and oxygen atoms in total. The summed E-state index contributed by atoms with van der Waals surface area (Å²) in [6.07, 6.45) is 5.63. The Labute approximate surface area is 101 Å². The Morgan fingerprint density at radius 3 is 2.59 bits per heavy atom. The number of allylic oxidation sites excluding steroid dienone is 1. The lowest BCUT2D eigenvalue weighted by Crippen LogP contribution is -2.61. The number of rotatable bonds is 3. The second-order valence-corrected chi connectivity index (χ2v) is 4.06. The van der Waals surface area contributed by atoms with Gasteiger partial charge in [0.15, 0.2) is 6.21 Å². The van der Waals surface area contributed by atoms with Gasteiger partial charge in [-0.3, -0.25) is 0 Å². The molecule has 1 aromatic carbocycles. The first-order valence-electron chi connectivity index (χ1n) is 5.62. The van der Waals surface area contributed by atoms with Gasteiger partial charge in [-0.15, -0.1) is 0 Å². The highest BCUT2D eigenvalue weighted by atomic mass is 16.3. The standard InChI is InChI=1S/C15H15NO/c1-12-5-7-14(8-6-12)16-11-13(2)10-15-4-3-9-17-15/h3-11H,1-2H3/p+1. The lowest BCUT2D eigenvalue weighted by atomic mass is 10.2. The molecular formula is C15H16NO+. The van der Waals surface area contributed by atoms with E-state index >= 15 is 0 Å². The van der Waals surface area contributed by atoms with Crippen LogP contribution in [0.15, 0.2) is 52.7 Å². The van der Waals surface area contributed by atoms with Gasteiger partial charge in [0.25, 0.3) is 0 Å². The molecule has 86 valence electrons. The zero-order chi connectivity index (χ0) is 12.1. The minimum atomic E-state index is 0.865. The predicted molar refractivity (Wildman–Crippen MR) is 70.2 cm³/mol. The summed E-state index contributed by atoms with van der Waals surface area (Å²) in [7, 11) is 0. The van der Waals surface area contributed by atoms with Crippen LogP contribution >= 0.6 is 0 Å². The largest absolute Gasteiger partial charge is 0.465 e. The zero-order valence-electron chi connectivity index (χ0n) is 10.1. The summed E-state index contributed by atoms with van der Waals surface area (Å²) < 4.78 is 5.25. The Hall–Kier alpha value is -2.09. The minimum absolute atomic E-state index is 0.865.